The van der Waals surface area contributed by atoms with E-state index in [2.05, 4.69) is 0 Å². The lowest BCUT2D eigenvalue weighted by Gasteiger charge is -2.20. The third kappa shape index (κ3) is 4.51. The molecule has 0 radical (unpaired) electrons. The van der Waals surface area contributed by atoms with Crippen molar-refractivity contribution in [2.45, 2.75) is 18.2 Å². The SMILES string of the molecule is CCN(CCCCl)C(=O)c1ccc(S(C)(=O)=O)cc1. The summed E-state index contributed by atoms with van der Waals surface area (Å²) in [7, 11) is -3.23. The summed E-state index contributed by atoms with van der Waals surface area (Å²) in [6, 6.07) is 6.00. The predicted molar refractivity (Wildman–Crippen MR) is 76.5 cm³/mol. The van der Waals surface area contributed by atoms with Gasteiger partial charge in [0, 0.05) is 30.8 Å². The lowest BCUT2D eigenvalue weighted by Crippen LogP contribution is -2.32. The van der Waals surface area contributed by atoms with Gasteiger partial charge in [-0.3, -0.25) is 4.79 Å². The van der Waals surface area contributed by atoms with Crippen molar-refractivity contribution in [1.29, 1.82) is 0 Å². The molecule has 0 saturated carbocycles. The molecule has 0 aliphatic rings. The first-order valence-electron chi connectivity index (χ1n) is 6.05. The molecule has 0 atom stereocenters. The van der Waals surface area contributed by atoms with Gasteiger partial charge in [-0.25, -0.2) is 8.42 Å². The van der Waals surface area contributed by atoms with Gasteiger partial charge < -0.3 is 4.90 Å². The molecule has 1 amide bonds. The normalized spacial score (nSPS) is 11.3. The molecule has 19 heavy (non-hydrogen) atoms. The third-order valence-corrected chi connectivity index (χ3v) is 4.16. The number of carbonyl (C=O) groups is 1. The van der Waals surface area contributed by atoms with Crippen molar-refractivity contribution in [2.75, 3.05) is 25.2 Å². The summed E-state index contributed by atoms with van der Waals surface area (Å²) < 4.78 is 22.7. The second-order valence-electron chi connectivity index (χ2n) is 4.22. The monoisotopic (exact) mass is 303 g/mol. The standard InChI is InChI=1S/C13H18ClNO3S/c1-3-15(10-4-9-14)13(16)11-5-7-12(8-6-11)19(2,17)18/h5-8H,3-4,9-10H2,1-2H3. The van der Waals surface area contributed by atoms with Gasteiger partial charge in [0.05, 0.1) is 4.90 Å². The summed E-state index contributed by atoms with van der Waals surface area (Å²) >= 11 is 5.62. The van der Waals surface area contributed by atoms with E-state index in [-0.39, 0.29) is 10.8 Å². The molecule has 0 aromatic heterocycles. The molecule has 0 spiro atoms. The summed E-state index contributed by atoms with van der Waals surface area (Å²) in [6.07, 6.45) is 1.88. The maximum atomic E-state index is 12.2. The van der Waals surface area contributed by atoms with Crippen molar-refractivity contribution < 1.29 is 13.2 Å². The van der Waals surface area contributed by atoms with E-state index >= 15 is 0 Å². The molecule has 0 heterocycles. The average Bonchev–Trinajstić information content (AvgIpc) is 2.38. The van der Waals surface area contributed by atoms with Gasteiger partial charge in [-0.1, -0.05) is 0 Å². The molecule has 0 saturated heterocycles. The van der Waals surface area contributed by atoms with Crippen LogP contribution in [-0.4, -0.2) is 44.5 Å². The number of hydrogen-bond donors (Lipinski definition) is 0. The van der Waals surface area contributed by atoms with E-state index in [0.717, 1.165) is 12.7 Å². The largest absolute Gasteiger partial charge is 0.339 e. The highest BCUT2D eigenvalue weighted by molar-refractivity contribution is 7.90. The van der Waals surface area contributed by atoms with Crippen LogP contribution in [0.1, 0.15) is 23.7 Å². The second-order valence-corrected chi connectivity index (χ2v) is 6.62. The van der Waals surface area contributed by atoms with Crippen molar-refractivity contribution in [3.8, 4) is 0 Å². The highest BCUT2D eigenvalue weighted by atomic mass is 35.5. The van der Waals surface area contributed by atoms with Gasteiger partial charge in [0.25, 0.3) is 5.91 Å². The number of benzene rings is 1. The van der Waals surface area contributed by atoms with Crippen LogP contribution in [0.3, 0.4) is 0 Å². The van der Waals surface area contributed by atoms with Crippen LogP contribution < -0.4 is 0 Å². The van der Waals surface area contributed by atoms with E-state index in [1.807, 2.05) is 6.92 Å². The average molecular weight is 304 g/mol. The molecule has 1 aromatic carbocycles. The Balaban J connectivity index is 2.88. The Kier molecular flexibility index (Phi) is 5.82. The summed E-state index contributed by atoms with van der Waals surface area (Å²) in [4.78, 5) is 14.1. The zero-order valence-corrected chi connectivity index (χ0v) is 12.7. The lowest BCUT2D eigenvalue weighted by atomic mass is 10.2. The Morgan fingerprint density at radius 3 is 2.26 bits per heavy atom. The summed E-state index contributed by atoms with van der Waals surface area (Å²) in [6.45, 7) is 3.10. The maximum Gasteiger partial charge on any atom is 0.253 e. The Morgan fingerprint density at radius 2 is 1.84 bits per heavy atom. The molecular weight excluding hydrogens is 286 g/mol. The highest BCUT2D eigenvalue weighted by Crippen LogP contribution is 2.12. The number of alkyl halides is 1. The first-order chi connectivity index (χ1) is 8.90. The van der Waals surface area contributed by atoms with Crippen LogP contribution >= 0.6 is 11.6 Å². The van der Waals surface area contributed by atoms with Gasteiger partial charge in [-0.15, -0.1) is 11.6 Å². The van der Waals surface area contributed by atoms with E-state index in [9.17, 15) is 13.2 Å². The van der Waals surface area contributed by atoms with Crippen molar-refractivity contribution in [3.05, 3.63) is 29.8 Å². The molecule has 0 bridgehead atoms. The Labute approximate surface area is 119 Å². The van der Waals surface area contributed by atoms with Crippen LogP contribution in [0.15, 0.2) is 29.2 Å². The van der Waals surface area contributed by atoms with E-state index < -0.39 is 9.84 Å². The second kappa shape index (κ2) is 6.91. The number of sulfone groups is 1. The topological polar surface area (TPSA) is 54.5 Å². The van der Waals surface area contributed by atoms with Crippen molar-refractivity contribution in [1.82, 2.24) is 4.90 Å². The fourth-order valence-corrected chi connectivity index (χ4v) is 2.43. The van der Waals surface area contributed by atoms with Gasteiger partial charge >= 0.3 is 0 Å². The first-order valence-corrected chi connectivity index (χ1v) is 8.48. The van der Waals surface area contributed by atoms with Gasteiger partial charge in [-0.2, -0.15) is 0 Å². The number of carbonyl (C=O) groups excluding carboxylic acids is 1. The van der Waals surface area contributed by atoms with Crippen LogP contribution in [0.25, 0.3) is 0 Å². The summed E-state index contributed by atoms with van der Waals surface area (Å²) in [5.41, 5.74) is 0.490. The molecule has 4 nitrogen and oxygen atoms in total. The van der Waals surface area contributed by atoms with Gasteiger partial charge in [0.2, 0.25) is 0 Å². The number of nitrogens with zero attached hydrogens (tertiary/aromatic N) is 1. The number of hydrogen-bond acceptors (Lipinski definition) is 3. The maximum absolute atomic E-state index is 12.2. The van der Waals surface area contributed by atoms with E-state index in [1.165, 1.54) is 12.1 Å². The third-order valence-electron chi connectivity index (χ3n) is 2.76. The number of rotatable bonds is 6. The Hall–Kier alpha value is -1.07. The van der Waals surface area contributed by atoms with Crippen LogP contribution in [0.5, 0.6) is 0 Å². The fourth-order valence-electron chi connectivity index (χ4n) is 1.68. The van der Waals surface area contributed by atoms with Crippen molar-refractivity contribution in [2.24, 2.45) is 0 Å². The first kappa shape index (κ1) is 16.0. The molecule has 0 aliphatic heterocycles. The molecular formula is C13H18ClNO3S. The zero-order chi connectivity index (χ0) is 14.5. The summed E-state index contributed by atoms with van der Waals surface area (Å²) in [5, 5.41) is 0. The minimum atomic E-state index is -3.23. The molecule has 6 heteroatoms. The quantitative estimate of drug-likeness (QED) is 0.757. The van der Waals surface area contributed by atoms with Crippen LogP contribution in [0.2, 0.25) is 0 Å². The number of halogens is 1. The fraction of sp³-hybridized carbons (Fsp3) is 0.462. The molecule has 1 rings (SSSR count). The van der Waals surface area contributed by atoms with Crippen LogP contribution in [-0.2, 0) is 9.84 Å². The molecule has 0 unspecified atom stereocenters. The van der Waals surface area contributed by atoms with Crippen molar-refractivity contribution >= 4 is 27.3 Å². The van der Waals surface area contributed by atoms with Crippen molar-refractivity contribution in [3.63, 3.8) is 0 Å². The minimum Gasteiger partial charge on any atom is -0.339 e. The van der Waals surface area contributed by atoms with Gasteiger partial charge in [0.15, 0.2) is 9.84 Å². The van der Waals surface area contributed by atoms with Gasteiger partial charge in [0.1, 0.15) is 0 Å². The van der Waals surface area contributed by atoms with Crippen LogP contribution in [0.4, 0.5) is 0 Å². The number of amides is 1. The molecule has 0 aliphatic carbocycles. The predicted octanol–water partition coefficient (Wildman–Crippen LogP) is 2.18. The molecule has 0 N–H and O–H groups in total. The molecule has 106 valence electrons. The minimum absolute atomic E-state index is 0.104. The lowest BCUT2D eigenvalue weighted by molar-refractivity contribution is 0.0764. The smallest absolute Gasteiger partial charge is 0.253 e. The Morgan fingerprint density at radius 1 is 1.26 bits per heavy atom. The summed E-state index contributed by atoms with van der Waals surface area (Å²) in [5.74, 6) is 0.407. The van der Waals surface area contributed by atoms with E-state index in [0.29, 0.717) is 24.5 Å². The molecule has 1 aromatic rings. The zero-order valence-electron chi connectivity index (χ0n) is 11.1. The van der Waals surface area contributed by atoms with E-state index in [1.54, 1.807) is 17.0 Å². The highest BCUT2D eigenvalue weighted by Gasteiger charge is 2.14. The van der Waals surface area contributed by atoms with Gasteiger partial charge in [-0.05, 0) is 37.6 Å². The Bertz CT molecular complexity index is 525. The van der Waals surface area contributed by atoms with Crippen LogP contribution in [0, 0.1) is 0 Å². The molecule has 0 fully saturated rings. The van der Waals surface area contributed by atoms with E-state index in [4.69, 9.17) is 11.6 Å².